The molecule has 2 aromatic carbocycles. The Bertz CT molecular complexity index is 1840. The van der Waals surface area contributed by atoms with Crippen molar-refractivity contribution in [2.24, 2.45) is 17.8 Å². The molecule has 54 heavy (non-hydrogen) atoms. The monoisotopic (exact) mass is 782 g/mol. The van der Waals surface area contributed by atoms with E-state index in [0.717, 1.165) is 73.0 Å². The van der Waals surface area contributed by atoms with Gasteiger partial charge in [-0.1, -0.05) is 41.7 Å². The minimum absolute atomic E-state index is 0.0573. The predicted molar refractivity (Wildman–Crippen MR) is 207 cm³/mol. The van der Waals surface area contributed by atoms with Crippen LogP contribution in [0.5, 0.6) is 0 Å². The normalized spacial score (nSPS) is 27.1. The second kappa shape index (κ2) is 16.3. The number of benzene rings is 2. The third kappa shape index (κ3) is 8.43. The maximum Gasteiger partial charge on any atom is 0.407 e. The first-order valence-corrected chi connectivity index (χ1v) is 21.9. The molecule has 3 aromatic rings. The highest BCUT2D eigenvalue weighted by Gasteiger charge is 2.53. The molecule has 4 saturated heterocycles. The molecule has 3 N–H and O–H groups in total. The number of hydrogen-bond donors (Lipinski definition) is 3. The Hall–Kier alpha value is -2.89. The first-order chi connectivity index (χ1) is 26.1. The van der Waals surface area contributed by atoms with E-state index in [-0.39, 0.29) is 48.6 Å². The summed E-state index contributed by atoms with van der Waals surface area (Å²) < 4.78 is 49.2. The van der Waals surface area contributed by atoms with E-state index in [1.165, 1.54) is 28.5 Å². The summed E-state index contributed by atoms with van der Waals surface area (Å²) in [5.41, 5.74) is 1.64. The Kier molecular flexibility index (Phi) is 11.5. The molecule has 0 radical (unpaired) electrons. The molecule has 5 heterocycles. The van der Waals surface area contributed by atoms with Gasteiger partial charge in [-0.3, -0.25) is 0 Å². The number of amides is 1. The van der Waals surface area contributed by atoms with E-state index in [9.17, 15) is 18.3 Å². The first-order valence-electron chi connectivity index (χ1n) is 19.7. The van der Waals surface area contributed by atoms with E-state index in [0.29, 0.717) is 18.6 Å². The van der Waals surface area contributed by atoms with Crippen LogP contribution in [-0.4, -0.2) is 134 Å². The minimum Gasteiger partial charge on any atom is -0.443 e. The van der Waals surface area contributed by atoms with E-state index in [4.69, 9.17) is 19.2 Å². The van der Waals surface area contributed by atoms with Crippen LogP contribution in [0.15, 0.2) is 53.4 Å². The van der Waals surface area contributed by atoms with E-state index in [1.807, 2.05) is 30.3 Å². The lowest BCUT2D eigenvalue weighted by Crippen LogP contribution is -2.57. The Labute approximate surface area is 322 Å². The van der Waals surface area contributed by atoms with Crippen LogP contribution in [0.25, 0.3) is 10.2 Å². The summed E-state index contributed by atoms with van der Waals surface area (Å²) in [7, 11) is -4.05. The molecule has 5 aliphatic rings. The molecule has 1 aliphatic carbocycles. The molecular formula is C39H54N6O7S2. The summed E-state index contributed by atoms with van der Waals surface area (Å²) in [6, 6.07) is 14.2. The zero-order chi connectivity index (χ0) is 37.4. The predicted octanol–water partition coefficient (Wildman–Crippen LogP) is 3.98. The van der Waals surface area contributed by atoms with Gasteiger partial charge in [-0.25, -0.2) is 18.2 Å². The number of hydrogen-bond acceptors (Lipinski definition) is 12. The fraction of sp³-hybridized carbons (Fsp3) is 0.641. The van der Waals surface area contributed by atoms with Crippen molar-refractivity contribution in [1.82, 2.24) is 24.4 Å². The lowest BCUT2D eigenvalue weighted by molar-refractivity contribution is -0.153. The highest BCUT2D eigenvalue weighted by Crippen LogP contribution is 2.46. The molecule has 0 spiro atoms. The summed E-state index contributed by atoms with van der Waals surface area (Å²) >= 11 is 1.45. The topological polar surface area (TPSA) is 146 Å². The number of nitrogens with zero attached hydrogens (tertiary/aromatic N) is 4. The lowest BCUT2D eigenvalue weighted by atomic mass is 9.78. The summed E-state index contributed by atoms with van der Waals surface area (Å²) in [4.78, 5) is 23.2. The Morgan fingerprint density at radius 1 is 1.11 bits per heavy atom. The van der Waals surface area contributed by atoms with E-state index >= 15 is 0 Å². The van der Waals surface area contributed by atoms with Crippen molar-refractivity contribution < 1.29 is 32.5 Å². The van der Waals surface area contributed by atoms with Crippen LogP contribution in [0.3, 0.4) is 0 Å². The van der Waals surface area contributed by atoms with Crippen molar-refractivity contribution in [2.45, 2.75) is 87.5 Å². The number of carbonyl (C=O) groups excluding carboxylic acids is 1. The third-order valence-electron chi connectivity index (χ3n) is 11.9. The fourth-order valence-electron chi connectivity index (χ4n) is 8.84. The molecule has 8 rings (SSSR count). The lowest BCUT2D eigenvalue weighted by Gasteiger charge is -2.44. The number of fused-ring (bicyclic) bond motifs is 3. The van der Waals surface area contributed by atoms with Crippen LogP contribution in [0.2, 0.25) is 0 Å². The number of aliphatic hydroxyl groups is 1. The smallest absolute Gasteiger partial charge is 0.407 e. The average Bonchev–Trinajstić information content (AvgIpc) is 3.87. The zero-order valence-corrected chi connectivity index (χ0v) is 32.8. The second-order valence-corrected chi connectivity index (χ2v) is 19.1. The van der Waals surface area contributed by atoms with Crippen LogP contribution in [0.4, 0.5) is 9.93 Å². The standard InChI is InChI=1S/C39H54N6O7S2/c1-25(2)44-20-27(21-44)22-45(54(48,49)30-10-11-31-35(19-30)53-38(41-31)40-12-15-43-13-6-7-14-43)23-33(46)32(16-26-8-4-3-5-9-26)42-39(47)52-36-29-17-28-18-34(36)51-37(28)50-24-29/h3-5,8-11,19,25,27-29,32-34,36-37,46H,6-7,12-18,20-24H2,1-2H3,(H,40,41)(H,42,47)/t28?,29?,32-,33+,34?,36-,37?/m0/s1. The molecule has 4 unspecified atom stereocenters. The highest BCUT2D eigenvalue weighted by atomic mass is 32.2. The molecule has 15 heteroatoms. The first kappa shape index (κ1) is 38.0. The molecule has 3 bridgehead atoms. The second-order valence-electron chi connectivity index (χ2n) is 16.1. The number of rotatable bonds is 16. The van der Waals surface area contributed by atoms with Gasteiger partial charge in [-0.2, -0.15) is 4.31 Å². The van der Waals surface area contributed by atoms with Crippen molar-refractivity contribution in [2.75, 3.05) is 64.3 Å². The largest absolute Gasteiger partial charge is 0.443 e. The maximum absolute atomic E-state index is 14.6. The van der Waals surface area contributed by atoms with E-state index in [2.05, 4.69) is 34.3 Å². The van der Waals surface area contributed by atoms with Gasteiger partial charge < -0.3 is 39.8 Å². The molecule has 4 aliphatic heterocycles. The number of carbonyl (C=O) groups is 1. The molecular weight excluding hydrogens is 729 g/mol. The van der Waals surface area contributed by atoms with Gasteiger partial charge in [0.1, 0.15) is 6.10 Å². The fourth-order valence-corrected chi connectivity index (χ4v) is 11.4. The summed E-state index contributed by atoms with van der Waals surface area (Å²) in [6.45, 7) is 10.3. The molecule has 294 valence electrons. The number of thiazole rings is 1. The average molecular weight is 783 g/mol. The number of sulfonamides is 1. The van der Waals surface area contributed by atoms with Gasteiger partial charge in [0.15, 0.2) is 11.4 Å². The molecule has 1 amide bonds. The Morgan fingerprint density at radius 2 is 1.91 bits per heavy atom. The van der Waals surface area contributed by atoms with Gasteiger partial charge in [0.05, 0.1) is 40.0 Å². The number of aliphatic hydroxyl groups excluding tert-OH is 1. The SMILES string of the molecule is CC(C)N1CC(CN(C[C@@H](O)[C@H](Cc2ccccc2)NC(=O)O[C@H]2C3COC4OC2CC4C3)S(=O)(=O)c2ccc3nc(NCCN4CCCC4)sc3c2)C1. The number of nitrogens with one attached hydrogen (secondary N) is 2. The Balaban J connectivity index is 0.996. The molecule has 1 saturated carbocycles. The number of aromatic nitrogens is 1. The van der Waals surface area contributed by atoms with Gasteiger partial charge in [0.25, 0.3) is 0 Å². The molecule has 5 fully saturated rings. The van der Waals surface area contributed by atoms with E-state index < -0.39 is 34.4 Å². The van der Waals surface area contributed by atoms with Gasteiger partial charge in [0, 0.05) is 57.1 Å². The van der Waals surface area contributed by atoms with Crippen LogP contribution in [0, 0.1) is 17.8 Å². The number of anilines is 1. The molecule has 7 atom stereocenters. The van der Waals surface area contributed by atoms with Crippen LogP contribution in [0.1, 0.15) is 45.1 Å². The summed E-state index contributed by atoms with van der Waals surface area (Å²) in [5, 5.41) is 19.1. The van der Waals surface area contributed by atoms with Crippen LogP contribution >= 0.6 is 11.3 Å². The quantitative estimate of drug-likeness (QED) is 0.194. The van der Waals surface area contributed by atoms with Crippen molar-refractivity contribution in [3.63, 3.8) is 0 Å². The minimum atomic E-state index is -4.05. The van der Waals surface area contributed by atoms with Crippen molar-refractivity contribution >= 4 is 42.8 Å². The number of likely N-dealkylation sites (tertiary alicyclic amines) is 2. The summed E-state index contributed by atoms with van der Waals surface area (Å²) in [5.74, 6) is 0.500. The Morgan fingerprint density at radius 3 is 2.69 bits per heavy atom. The van der Waals surface area contributed by atoms with Crippen molar-refractivity contribution in [3.05, 3.63) is 54.1 Å². The van der Waals surface area contributed by atoms with Gasteiger partial charge in [0.2, 0.25) is 10.0 Å². The van der Waals surface area contributed by atoms with Gasteiger partial charge in [-0.15, -0.1) is 0 Å². The number of alkyl carbamates (subject to hydrolysis) is 1. The van der Waals surface area contributed by atoms with E-state index in [1.54, 1.807) is 18.2 Å². The highest BCUT2D eigenvalue weighted by molar-refractivity contribution is 7.89. The van der Waals surface area contributed by atoms with Crippen LogP contribution in [-0.2, 0) is 30.7 Å². The van der Waals surface area contributed by atoms with Crippen molar-refractivity contribution in [1.29, 1.82) is 0 Å². The van der Waals surface area contributed by atoms with Crippen LogP contribution < -0.4 is 10.6 Å². The van der Waals surface area contributed by atoms with Crippen molar-refractivity contribution in [3.8, 4) is 0 Å². The molecule has 13 nitrogen and oxygen atoms in total. The van der Waals surface area contributed by atoms with Gasteiger partial charge in [-0.05, 0) is 88.7 Å². The molecule has 1 aromatic heterocycles. The maximum atomic E-state index is 14.6. The zero-order valence-electron chi connectivity index (χ0n) is 31.2. The third-order valence-corrected chi connectivity index (χ3v) is 14.7. The van der Waals surface area contributed by atoms with Gasteiger partial charge >= 0.3 is 6.09 Å². The summed E-state index contributed by atoms with van der Waals surface area (Å²) in [6.07, 6.45) is 1.69. The number of ether oxygens (including phenoxy) is 3.